The van der Waals surface area contributed by atoms with Gasteiger partial charge in [-0.2, -0.15) is 0 Å². The van der Waals surface area contributed by atoms with Gasteiger partial charge in [-0.15, -0.1) is 0 Å². The van der Waals surface area contributed by atoms with Crippen LogP contribution in [-0.4, -0.2) is 42.0 Å². The SMILES string of the molecule is CCOC(=O)c1ccc(N2CC(C(=O)NCCn3cccc3)CC2=O)cc1. The normalized spacial score (nSPS) is 16.4. The Bertz CT molecular complexity index is 799. The molecule has 1 aromatic carbocycles. The minimum Gasteiger partial charge on any atom is -0.462 e. The molecule has 7 nitrogen and oxygen atoms in total. The molecule has 27 heavy (non-hydrogen) atoms. The summed E-state index contributed by atoms with van der Waals surface area (Å²) in [5.41, 5.74) is 1.11. The fraction of sp³-hybridized carbons (Fsp3) is 0.350. The summed E-state index contributed by atoms with van der Waals surface area (Å²) in [4.78, 5) is 38.0. The van der Waals surface area contributed by atoms with E-state index >= 15 is 0 Å². The number of carbonyl (C=O) groups excluding carboxylic acids is 3. The molecule has 142 valence electrons. The molecule has 1 aliphatic rings. The number of nitrogens with one attached hydrogen (secondary N) is 1. The monoisotopic (exact) mass is 369 g/mol. The molecule has 1 fully saturated rings. The molecule has 7 heteroatoms. The van der Waals surface area contributed by atoms with Crippen LogP contribution in [0.5, 0.6) is 0 Å². The number of rotatable bonds is 7. The summed E-state index contributed by atoms with van der Waals surface area (Å²) in [5, 5.41) is 2.89. The first kappa shape index (κ1) is 18.7. The Morgan fingerprint density at radius 1 is 1.19 bits per heavy atom. The number of carbonyl (C=O) groups is 3. The first-order chi connectivity index (χ1) is 13.1. The third kappa shape index (κ3) is 4.55. The van der Waals surface area contributed by atoms with Gasteiger partial charge < -0.3 is 19.5 Å². The zero-order chi connectivity index (χ0) is 19.2. The highest BCUT2D eigenvalue weighted by atomic mass is 16.5. The maximum Gasteiger partial charge on any atom is 0.338 e. The van der Waals surface area contributed by atoms with Gasteiger partial charge in [0.2, 0.25) is 11.8 Å². The number of hydrogen-bond donors (Lipinski definition) is 1. The van der Waals surface area contributed by atoms with Crippen LogP contribution in [0, 0.1) is 5.92 Å². The van der Waals surface area contributed by atoms with Crippen LogP contribution in [0.3, 0.4) is 0 Å². The van der Waals surface area contributed by atoms with E-state index < -0.39 is 5.97 Å². The molecule has 0 aliphatic carbocycles. The molecule has 1 saturated heterocycles. The van der Waals surface area contributed by atoms with Crippen LogP contribution in [-0.2, 0) is 20.9 Å². The van der Waals surface area contributed by atoms with E-state index in [0.717, 1.165) is 0 Å². The zero-order valence-corrected chi connectivity index (χ0v) is 15.3. The van der Waals surface area contributed by atoms with Gasteiger partial charge in [0.1, 0.15) is 0 Å². The van der Waals surface area contributed by atoms with E-state index in [1.54, 1.807) is 36.1 Å². The van der Waals surface area contributed by atoms with Crippen LogP contribution >= 0.6 is 0 Å². The number of ether oxygens (including phenoxy) is 1. The number of amides is 2. The van der Waals surface area contributed by atoms with Crippen LogP contribution in [0.25, 0.3) is 0 Å². The highest BCUT2D eigenvalue weighted by molar-refractivity contribution is 6.00. The van der Waals surface area contributed by atoms with Crippen molar-refractivity contribution in [2.75, 3.05) is 24.6 Å². The number of nitrogens with zero attached hydrogens (tertiary/aromatic N) is 2. The van der Waals surface area contributed by atoms with Gasteiger partial charge in [0.15, 0.2) is 0 Å². The lowest BCUT2D eigenvalue weighted by Crippen LogP contribution is -2.34. The van der Waals surface area contributed by atoms with Crippen molar-refractivity contribution in [1.82, 2.24) is 9.88 Å². The Labute approximate surface area is 157 Å². The molecule has 1 N–H and O–H groups in total. The van der Waals surface area contributed by atoms with Crippen molar-refractivity contribution in [2.45, 2.75) is 19.9 Å². The fourth-order valence-corrected chi connectivity index (χ4v) is 3.10. The number of esters is 1. The summed E-state index contributed by atoms with van der Waals surface area (Å²) < 4.78 is 6.94. The number of hydrogen-bond acceptors (Lipinski definition) is 4. The highest BCUT2D eigenvalue weighted by Crippen LogP contribution is 2.25. The Morgan fingerprint density at radius 3 is 2.56 bits per heavy atom. The third-order valence-corrected chi connectivity index (χ3v) is 4.52. The van der Waals surface area contributed by atoms with E-state index in [-0.39, 0.29) is 24.2 Å². The zero-order valence-electron chi connectivity index (χ0n) is 15.3. The summed E-state index contributed by atoms with van der Waals surface area (Å²) in [5.74, 6) is -0.964. The van der Waals surface area contributed by atoms with Gasteiger partial charge in [-0.3, -0.25) is 9.59 Å². The molecule has 2 aromatic rings. The minimum atomic E-state index is -0.392. The van der Waals surface area contributed by atoms with Crippen molar-refractivity contribution in [2.24, 2.45) is 5.92 Å². The van der Waals surface area contributed by atoms with Gasteiger partial charge in [-0.25, -0.2) is 4.79 Å². The fourth-order valence-electron chi connectivity index (χ4n) is 3.10. The van der Waals surface area contributed by atoms with E-state index in [4.69, 9.17) is 4.74 Å². The van der Waals surface area contributed by atoms with E-state index in [2.05, 4.69) is 5.32 Å². The molecule has 0 spiro atoms. The summed E-state index contributed by atoms with van der Waals surface area (Å²) in [7, 11) is 0. The maximum atomic E-state index is 12.4. The van der Waals surface area contributed by atoms with E-state index in [9.17, 15) is 14.4 Å². The van der Waals surface area contributed by atoms with Crippen LogP contribution in [0.4, 0.5) is 5.69 Å². The summed E-state index contributed by atoms with van der Waals surface area (Å²) in [6.07, 6.45) is 4.06. The first-order valence-corrected chi connectivity index (χ1v) is 9.04. The van der Waals surface area contributed by atoms with E-state index in [0.29, 0.717) is 37.5 Å². The first-order valence-electron chi connectivity index (χ1n) is 9.04. The Kier molecular flexibility index (Phi) is 5.90. The number of anilines is 1. The van der Waals surface area contributed by atoms with E-state index in [1.807, 2.05) is 29.1 Å². The second-order valence-electron chi connectivity index (χ2n) is 6.38. The molecule has 1 atom stereocenters. The van der Waals surface area contributed by atoms with Gasteiger partial charge in [-0.05, 0) is 43.3 Å². The second kappa shape index (κ2) is 8.53. The molecule has 1 aromatic heterocycles. The summed E-state index contributed by atoms with van der Waals surface area (Å²) in [6, 6.07) is 10.5. The quantitative estimate of drug-likeness (QED) is 0.755. The predicted molar refractivity (Wildman–Crippen MR) is 100 cm³/mol. The molecule has 2 amide bonds. The minimum absolute atomic E-state index is 0.0931. The third-order valence-electron chi connectivity index (χ3n) is 4.52. The van der Waals surface area contributed by atoms with Crippen LogP contribution < -0.4 is 10.2 Å². The average molecular weight is 369 g/mol. The standard InChI is InChI=1S/C20H23N3O4/c1-2-27-20(26)15-5-7-17(8-6-15)23-14-16(13-18(23)24)19(25)21-9-12-22-10-3-4-11-22/h3-8,10-11,16H,2,9,12-14H2,1H3,(H,21,25). The van der Waals surface area contributed by atoms with Gasteiger partial charge in [0.05, 0.1) is 18.1 Å². The average Bonchev–Trinajstić information content (AvgIpc) is 3.32. The summed E-state index contributed by atoms with van der Waals surface area (Å²) >= 11 is 0. The van der Waals surface area contributed by atoms with Crippen molar-refractivity contribution < 1.29 is 19.1 Å². The van der Waals surface area contributed by atoms with Crippen molar-refractivity contribution in [3.05, 3.63) is 54.4 Å². The second-order valence-corrected chi connectivity index (χ2v) is 6.38. The van der Waals surface area contributed by atoms with Gasteiger partial charge in [-0.1, -0.05) is 0 Å². The van der Waals surface area contributed by atoms with Crippen LogP contribution in [0.1, 0.15) is 23.7 Å². The molecule has 1 aliphatic heterocycles. The van der Waals surface area contributed by atoms with Gasteiger partial charge in [0, 0.05) is 44.1 Å². The van der Waals surface area contributed by atoms with Crippen molar-refractivity contribution in [3.63, 3.8) is 0 Å². The van der Waals surface area contributed by atoms with E-state index in [1.165, 1.54) is 0 Å². The molecular weight excluding hydrogens is 346 g/mol. The largest absolute Gasteiger partial charge is 0.462 e. The topological polar surface area (TPSA) is 80.6 Å². The lowest BCUT2D eigenvalue weighted by molar-refractivity contribution is -0.126. The van der Waals surface area contributed by atoms with Crippen LogP contribution in [0.15, 0.2) is 48.8 Å². The highest BCUT2D eigenvalue weighted by Gasteiger charge is 2.35. The van der Waals surface area contributed by atoms with Crippen molar-refractivity contribution in [3.8, 4) is 0 Å². The molecule has 0 bridgehead atoms. The lowest BCUT2D eigenvalue weighted by Gasteiger charge is -2.17. The number of benzene rings is 1. The Morgan fingerprint density at radius 2 is 1.89 bits per heavy atom. The summed E-state index contributed by atoms with van der Waals surface area (Å²) in [6.45, 7) is 3.61. The van der Waals surface area contributed by atoms with Gasteiger partial charge >= 0.3 is 5.97 Å². The Balaban J connectivity index is 1.55. The maximum absolute atomic E-state index is 12.4. The van der Waals surface area contributed by atoms with Crippen molar-refractivity contribution in [1.29, 1.82) is 0 Å². The molecule has 0 saturated carbocycles. The molecule has 2 heterocycles. The predicted octanol–water partition coefficient (Wildman–Crippen LogP) is 1.83. The molecule has 0 radical (unpaired) electrons. The smallest absolute Gasteiger partial charge is 0.338 e. The molecule has 1 unspecified atom stereocenters. The lowest BCUT2D eigenvalue weighted by atomic mass is 10.1. The number of aromatic nitrogens is 1. The molecule has 3 rings (SSSR count). The van der Waals surface area contributed by atoms with Gasteiger partial charge in [0.25, 0.3) is 0 Å². The van der Waals surface area contributed by atoms with Crippen LogP contribution in [0.2, 0.25) is 0 Å². The molecular formula is C20H23N3O4. The Hall–Kier alpha value is -3.09. The van der Waals surface area contributed by atoms with Crippen molar-refractivity contribution >= 4 is 23.5 Å².